The van der Waals surface area contributed by atoms with Gasteiger partial charge in [0.2, 0.25) is 5.56 Å². The Morgan fingerprint density at radius 2 is 1.87 bits per heavy atom. The van der Waals surface area contributed by atoms with E-state index < -0.39 is 0 Å². The summed E-state index contributed by atoms with van der Waals surface area (Å²) in [5.41, 5.74) is 2.29. The van der Waals surface area contributed by atoms with E-state index >= 15 is 0 Å². The van der Waals surface area contributed by atoms with Crippen molar-refractivity contribution in [2.75, 3.05) is 44.2 Å². The van der Waals surface area contributed by atoms with Crippen LogP contribution in [-0.4, -0.2) is 64.2 Å². The molecule has 3 aromatic rings. The molecule has 0 atom stereocenters. The molecule has 8 heteroatoms. The molecule has 164 valence electrons. The van der Waals surface area contributed by atoms with Gasteiger partial charge in [0.1, 0.15) is 11.5 Å². The lowest BCUT2D eigenvalue weighted by Crippen LogP contribution is -2.47. The van der Waals surface area contributed by atoms with Gasteiger partial charge in [-0.05, 0) is 50.9 Å². The van der Waals surface area contributed by atoms with Crippen molar-refractivity contribution in [3.8, 4) is 6.01 Å². The van der Waals surface area contributed by atoms with Gasteiger partial charge in [-0.15, -0.1) is 0 Å². The third-order valence-corrected chi connectivity index (χ3v) is 5.71. The fourth-order valence-corrected chi connectivity index (χ4v) is 3.87. The molecule has 0 bridgehead atoms. The molecule has 0 unspecified atom stereocenters. The summed E-state index contributed by atoms with van der Waals surface area (Å²) in [4.78, 5) is 32.6. The van der Waals surface area contributed by atoms with Crippen LogP contribution in [0.5, 0.6) is 6.01 Å². The minimum Gasteiger partial charge on any atom is -0.463 e. The van der Waals surface area contributed by atoms with Gasteiger partial charge in [0.15, 0.2) is 0 Å². The number of fused-ring (bicyclic) bond motifs is 1. The molecule has 1 fully saturated rings. The maximum atomic E-state index is 11.5. The molecule has 0 radical (unpaired) electrons. The number of rotatable bonds is 8. The molecule has 4 heterocycles. The van der Waals surface area contributed by atoms with Crippen LogP contribution < -0.4 is 15.2 Å². The first-order chi connectivity index (χ1) is 15.1. The molecule has 0 aromatic carbocycles. The van der Waals surface area contributed by atoms with Crippen molar-refractivity contribution in [2.45, 2.75) is 33.1 Å². The molecule has 0 spiro atoms. The fraction of sp³-hybridized carbons (Fsp3) is 0.478. The SMILES string of the molecule is CCc1cccc(N2CCN(CCCCOc3nc(C)c4ccc(=O)[nH]c4n3)CC2)n1. The molecule has 4 rings (SSSR count). The highest BCUT2D eigenvalue weighted by Crippen LogP contribution is 2.16. The number of nitrogens with zero attached hydrogens (tertiary/aromatic N) is 5. The van der Waals surface area contributed by atoms with Crippen LogP contribution in [0.2, 0.25) is 0 Å². The first kappa shape index (κ1) is 21.2. The smallest absolute Gasteiger partial charge is 0.318 e. The largest absolute Gasteiger partial charge is 0.463 e. The minimum atomic E-state index is -0.175. The number of unbranched alkanes of at least 4 members (excludes halogenated alkanes) is 1. The average Bonchev–Trinajstić information content (AvgIpc) is 2.79. The molecule has 31 heavy (non-hydrogen) atoms. The van der Waals surface area contributed by atoms with E-state index in [1.807, 2.05) is 6.92 Å². The summed E-state index contributed by atoms with van der Waals surface area (Å²) >= 11 is 0. The predicted octanol–water partition coefficient (Wildman–Crippen LogP) is 2.57. The third-order valence-electron chi connectivity index (χ3n) is 5.71. The van der Waals surface area contributed by atoms with Crippen molar-refractivity contribution in [1.82, 2.24) is 24.8 Å². The van der Waals surface area contributed by atoms with Crippen LogP contribution in [-0.2, 0) is 6.42 Å². The molecule has 0 aliphatic carbocycles. The van der Waals surface area contributed by atoms with Crippen LogP contribution in [0.1, 0.15) is 31.2 Å². The van der Waals surface area contributed by atoms with Crippen molar-refractivity contribution in [2.24, 2.45) is 0 Å². The Morgan fingerprint density at radius 1 is 1.03 bits per heavy atom. The molecular weight excluding hydrogens is 392 g/mol. The van der Waals surface area contributed by atoms with Crippen molar-refractivity contribution in [1.29, 1.82) is 0 Å². The number of hydrogen-bond acceptors (Lipinski definition) is 7. The fourth-order valence-electron chi connectivity index (χ4n) is 3.87. The van der Waals surface area contributed by atoms with Gasteiger partial charge in [0.25, 0.3) is 0 Å². The Kier molecular flexibility index (Phi) is 6.76. The summed E-state index contributed by atoms with van der Waals surface area (Å²) in [6.45, 7) is 9.79. The highest BCUT2D eigenvalue weighted by molar-refractivity contribution is 5.76. The second-order valence-electron chi connectivity index (χ2n) is 7.90. The van der Waals surface area contributed by atoms with E-state index in [2.05, 4.69) is 49.9 Å². The number of piperazine rings is 1. The lowest BCUT2D eigenvalue weighted by molar-refractivity contribution is 0.233. The highest BCUT2D eigenvalue weighted by Gasteiger charge is 2.17. The van der Waals surface area contributed by atoms with Gasteiger partial charge in [-0.2, -0.15) is 9.97 Å². The second-order valence-corrected chi connectivity index (χ2v) is 7.90. The van der Waals surface area contributed by atoms with Crippen LogP contribution in [0.25, 0.3) is 11.0 Å². The first-order valence-electron chi connectivity index (χ1n) is 11.1. The molecule has 0 amide bonds. The quantitative estimate of drug-likeness (QED) is 0.558. The summed E-state index contributed by atoms with van der Waals surface area (Å²) in [6, 6.07) is 9.85. The molecule has 1 saturated heterocycles. The van der Waals surface area contributed by atoms with E-state index in [1.165, 1.54) is 6.07 Å². The van der Waals surface area contributed by atoms with E-state index in [9.17, 15) is 4.79 Å². The summed E-state index contributed by atoms with van der Waals surface area (Å²) in [7, 11) is 0. The Bertz CT molecular complexity index is 1080. The number of nitrogens with one attached hydrogen (secondary N) is 1. The van der Waals surface area contributed by atoms with Gasteiger partial charge in [0.05, 0.1) is 12.3 Å². The van der Waals surface area contributed by atoms with Crippen LogP contribution >= 0.6 is 0 Å². The summed E-state index contributed by atoms with van der Waals surface area (Å²) in [5.74, 6) is 1.10. The number of aromatic amines is 1. The molecule has 3 aromatic heterocycles. The molecular formula is C23H30N6O2. The van der Waals surface area contributed by atoms with Crippen molar-refractivity contribution in [3.05, 3.63) is 52.1 Å². The molecule has 0 saturated carbocycles. The zero-order valence-corrected chi connectivity index (χ0v) is 18.3. The van der Waals surface area contributed by atoms with Crippen LogP contribution in [0, 0.1) is 6.92 Å². The highest BCUT2D eigenvalue weighted by atomic mass is 16.5. The van der Waals surface area contributed by atoms with E-state index in [4.69, 9.17) is 9.72 Å². The number of anilines is 1. The first-order valence-corrected chi connectivity index (χ1v) is 11.1. The minimum absolute atomic E-state index is 0.175. The van der Waals surface area contributed by atoms with Crippen molar-refractivity contribution in [3.63, 3.8) is 0 Å². The molecule has 1 N–H and O–H groups in total. The maximum absolute atomic E-state index is 11.5. The zero-order chi connectivity index (χ0) is 21.6. The van der Waals surface area contributed by atoms with Crippen LogP contribution in [0.4, 0.5) is 5.82 Å². The van der Waals surface area contributed by atoms with Crippen LogP contribution in [0.3, 0.4) is 0 Å². The molecule has 1 aliphatic heterocycles. The second kappa shape index (κ2) is 9.87. The van der Waals surface area contributed by atoms with Crippen LogP contribution in [0.15, 0.2) is 35.1 Å². The third kappa shape index (κ3) is 5.38. The molecule has 8 nitrogen and oxygen atoms in total. The summed E-state index contributed by atoms with van der Waals surface area (Å²) in [6.07, 6.45) is 2.97. The number of hydrogen-bond donors (Lipinski definition) is 1. The van der Waals surface area contributed by atoms with E-state index in [1.54, 1.807) is 6.07 Å². The van der Waals surface area contributed by atoms with E-state index in [0.717, 1.165) is 74.6 Å². The van der Waals surface area contributed by atoms with Gasteiger partial charge in [0, 0.05) is 43.3 Å². The number of pyridine rings is 2. The van der Waals surface area contributed by atoms with Gasteiger partial charge in [-0.1, -0.05) is 13.0 Å². The van der Waals surface area contributed by atoms with Gasteiger partial charge < -0.3 is 14.6 Å². The van der Waals surface area contributed by atoms with Gasteiger partial charge in [-0.3, -0.25) is 9.69 Å². The van der Waals surface area contributed by atoms with Crippen molar-refractivity contribution >= 4 is 16.9 Å². The number of aryl methyl sites for hydroxylation is 2. The van der Waals surface area contributed by atoms with Gasteiger partial charge in [-0.25, -0.2) is 4.98 Å². The Labute approximate surface area is 182 Å². The number of ether oxygens (including phenoxy) is 1. The van der Waals surface area contributed by atoms with E-state index in [-0.39, 0.29) is 5.56 Å². The lowest BCUT2D eigenvalue weighted by atomic mass is 10.2. The topological polar surface area (TPSA) is 87.2 Å². The predicted molar refractivity (Wildman–Crippen MR) is 122 cm³/mol. The normalized spacial score (nSPS) is 14.8. The zero-order valence-electron chi connectivity index (χ0n) is 18.3. The Morgan fingerprint density at radius 3 is 2.68 bits per heavy atom. The summed E-state index contributed by atoms with van der Waals surface area (Å²) in [5, 5.41) is 0.836. The Balaban J connectivity index is 1.19. The average molecular weight is 423 g/mol. The number of aromatic nitrogens is 4. The summed E-state index contributed by atoms with van der Waals surface area (Å²) < 4.78 is 5.74. The lowest BCUT2D eigenvalue weighted by Gasteiger charge is -2.35. The Hall–Kier alpha value is -3.00. The standard InChI is InChI=1S/C23H30N6O2/c1-3-18-7-6-8-20(25-18)29-14-12-28(13-15-29)11-4-5-16-31-23-24-17(2)19-9-10-21(30)26-22(19)27-23/h6-10H,3-5,11-16H2,1-2H3,(H,24,26,27,30). The van der Waals surface area contributed by atoms with Gasteiger partial charge >= 0.3 is 6.01 Å². The van der Waals surface area contributed by atoms with E-state index in [0.29, 0.717) is 18.3 Å². The maximum Gasteiger partial charge on any atom is 0.318 e. The monoisotopic (exact) mass is 422 g/mol. The number of H-pyrrole nitrogens is 1. The molecule has 1 aliphatic rings. The van der Waals surface area contributed by atoms with Crippen molar-refractivity contribution < 1.29 is 4.74 Å².